The molecule has 0 saturated carbocycles. The number of aliphatic hydroxyl groups is 1. The second-order valence-corrected chi connectivity index (χ2v) is 3.54. The van der Waals surface area contributed by atoms with Crippen molar-refractivity contribution >= 4 is 0 Å². The fourth-order valence-electron chi connectivity index (χ4n) is 1.24. The monoisotopic (exact) mass is 215 g/mol. The molecule has 2 nitrogen and oxygen atoms in total. The lowest BCUT2D eigenvalue weighted by Crippen LogP contribution is -2.35. The lowest BCUT2D eigenvalue weighted by atomic mass is 10.1. The molecule has 0 atom stereocenters. The van der Waals surface area contributed by atoms with E-state index in [0.29, 0.717) is 6.54 Å². The van der Waals surface area contributed by atoms with Gasteiger partial charge in [-0.1, -0.05) is 24.3 Å². The Morgan fingerprint density at radius 3 is 2.60 bits per heavy atom. The first-order valence-corrected chi connectivity index (χ1v) is 4.79. The predicted octanol–water partition coefficient (Wildman–Crippen LogP) is 1.71. The van der Waals surface area contributed by atoms with Crippen LogP contribution >= 0.6 is 0 Å². The van der Waals surface area contributed by atoms with Crippen molar-refractivity contribution in [3.63, 3.8) is 0 Å². The second-order valence-electron chi connectivity index (χ2n) is 3.54. The van der Waals surface area contributed by atoms with E-state index in [-0.39, 0.29) is 0 Å². The van der Waals surface area contributed by atoms with Gasteiger partial charge in [0.25, 0.3) is 5.92 Å². The van der Waals surface area contributed by atoms with Crippen LogP contribution < -0.4 is 5.32 Å². The molecule has 0 spiro atoms. The van der Waals surface area contributed by atoms with Gasteiger partial charge in [0, 0.05) is 6.54 Å². The normalized spacial score (nSPS) is 11.7. The van der Waals surface area contributed by atoms with Crippen LogP contribution in [0.25, 0.3) is 0 Å². The minimum atomic E-state index is -3.04. The molecule has 0 saturated heterocycles. The highest BCUT2D eigenvalue weighted by atomic mass is 19.3. The number of nitrogens with one attached hydrogen (secondary N) is 1. The Bertz CT molecular complexity index is 315. The second kappa shape index (κ2) is 5.19. The van der Waals surface area contributed by atoms with Crippen LogP contribution in [0.5, 0.6) is 0 Å². The van der Waals surface area contributed by atoms with Gasteiger partial charge in [-0.15, -0.1) is 0 Å². The highest BCUT2D eigenvalue weighted by molar-refractivity contribution is 5.25. The molecule has 84 valence electrons. The van der Waals surface area contributed by atoms with Crippen LogP contribution in [0.15, 0.2) is 24.3 Å². The van der Waals surface area contributed by atoms with E-state index in [0.717, 1.165) is 11.1 Å². The molecule has 0 fully saturated rings. The van der Waals surface area contributed by atoms with E-state index in [1.807, 2.05) is 31.2 Å². The van der Waals surface area contributed by atoms with Gasteiger partial charge < -0.3 is 10.4 Å². The Kier molecular flexibility index (Phi) is 4.17. The van der Waals surface area contributed by atoms with Crippen molar-refractivity contribution in [1.29, 1.82) is 0 Å². The Hall–Kier alpha value is -1.00. The molecule has 0 unspecified atom stereocenters. The number of aryl methyl sites for hydroxylation is 1. The first-order chi connectivity index (χ1) is 7.05. The molecule has 4 heteroatoms. The highest BCUT2D eigenvalue weighted by Crippen LogP contribution is 2.11. The maximum atomic E-state index is 12.6. The number of rotatable bonds is 5. The number of halogens is 2. The number of aliphatic hydroxyl groups excluding tert-OH is 1. The van der Waals surface area contributed by atoms with E-state index in [1.54, 1.807) is 0 Å². The maximum absolute atomic E-state index is 12.6. The fourth-order valence-corrected chi connectivity index (χ4v) is 1.24. The van der Waals surface area contributed by atoms with Crippen molar-refractivity contribution < 1.29 is 13.9 Å². The Morgan fingerprint density at radius 1 is 1.33 bits per heavy atom. The zero-order valence-corrected chi connectivity index (χ0v) is 8.63. The van der Waals surface area contributed by atoms with Crippen LogP contribution in [0.2, 0.25) is 0 Å². The SMILES string of the molecule is Cc1ccccc1CNCC(F)(F)CO. The summed E-state index contributed by atoms with van der Waals surface area (Å²) in [6.07, 6.45) is 0. The quantitative estimate of drug-likeness (QED) is 0.783. The van der Waals surface area contributed by atoms with Gasteiger partial charge in [0.05, 0.1) is 6.54 Å². The van der Waals surface area contributed by atoms with Gasteiger partial charge in [-0.05, 0) is 18.1 Å². The molecule has 1 rings (SSSR count). The number of hydrogen-bond donors (Lipinski definition) is 2. The zero-order chi connectivity index (χ0) is 11.3. The molecule has 0 bridgehead atoms. The van der Waals surface area contributed by atoms with Gasteiger partial charge in [-0.25, -0.2) is 8.78 Å². The van der Waals surface area contributed by atoms with E-state index < -0.39 is 19.1 Å². The summed E-state index contributed by atoms with van der Waals surface area (Å²) in [6.45, 7) is 0.703. The molecule has 1 aromatic carbocycles. The highest BCUT2D eigenvalue weighted by Gasteiger charge is 2.26. The first-order valence-electron chi connectivity index (χ1n) is 4.79. The molecule has 1 aromatic rings. The molecule has 0 amide bonds. The van der Waals surface area contributed by atoms with Crippen molar-refractivity contribution in [2.24, 2.45) is 0 Å². The summed E-state index contributed by atoms with van der Waals surface area (Å²) in [6, 6.07) is 7.59. The molecular weight excluding hydrogens is 200 g/mol. The van der Waals surface area contributed by atoms with Crippen LogP contribution in [0.1, 0.15) is 11.1 Å². The molecule has 0 aliphatic rings. The van der Waals surface area contributed by atoms with Crippen LogP contribution in [0.4, 0.5) is 8.78 Å². The summed E-state index contributed by atoms with van der Waals surface area (Å²) in [7, 11) is 0. The Balaban J connectivity index is 2.42. The number of alkyl halides is 2. The lowest BCUT2D eigenvalue weighted by Gasteiger charge is -2.14. The molecular formula is C11H15F2NO. The van der Waals surface area contributed by atoms with Crippen LogP contribution in [0.3, 0.4) is 0 Å². The minimum absolute atomic E-state index is 0.391. The van der Waals surface area contributed by atoms with Crippen LogP contribution in [-0.4, -0.2) is 24.2 Å². The topological polar surface area (TPSA) is 32.3 Å². The van der Waals surface area contributed by atoms with E-state index in [1.165, 1.54) is 0 Å². The average molecular weight is 215 g/mol. The molecule has 0 aliphatic carbocycles. The van der Waals surface area contributed by atoms with Gasteiger partial charge in [-0.3, -0.25) is 0 Å². The van der Waals surface area contributed by atoms with Crippen molar-refractivity contribution in [1.82, 2.24) is 5.32 Å². The first kappa shape index (κ1) is 12.1. The third-order valence-electron chi connectivity index (χ3n) is 2.19. The molecule has 0 radical (unpaired) electrons. The average Bonchev–Trinajstić information content (AvgIpc) is 2.21. The standard InChI is InChI=1S/C11H15F2NO/c1-9-4-2-3-5-10(9)6-14-7-11(12,13)8-15/h2-5,14-15H,6-8H2,1H3. The van der Waals surface area contributed by atoms with Crippen LogP contribution in [-0.2, 0) is 6.54 Å². The summed E-state index contributed by atoms with van der Waals surface area (Å²) < 4.78 is 25.3. The third kappa shape index (κ3) is 3.93. The summed E-state index contributed by atoms with van der Waals surface area (Å²) in [5.41, 5.74) is 2.06. The fraction of sp³-hybridized carbons (Fsp3) is 0.455. The predicted molar refractivity (Wildman–Crippen MR) is 54.9 cm³/mol. The van der Waals surface area contributed by atoms with E-state index in [4.69, 9.17) is 5.11 Å². The molecule has 0 aromatic heterocycles. The molecule has 0 heterocycles. The van der Waals surface area contributed by atoms with Gasteiger partial charge >= 0.3 is 0 Å². The maximum Gasteiger partial charge on any atom is 0.282 e. The lowest BCUT2D eigenvalue weighted by molar-refractivity contribution is -0.0477. The summed E-state index contributed by atoms with van der Waals surface area (Å²) in [5, 5.41) is 11.0. The third-order valence-corrected chi connectivity index (χ3v) is 2.19. The van der Waals surface area contributed by atoms with Gasteiger partial charge in [-0.2, -0.15) is 0 Å². The van der Waals surface area contributed by atoms with Crippen LogP contribution in [0, 0.1) is 6.92 Å². The zero-order valence-electron chi connectivity index (χ0n) is 8.63. The van der Waals surface area contributed by atoms with E-state index in [2.05, 4.69) is 5.32 Å². The van der Waals surface area contributed by atoms with Gasteiger partial charge in [0.2, 0.25) is 0 Å². The smallest absolute Gasteiger partial charge is 0.282 e. The van der Waals surface area contributed by atoms with Crippen molar-refractivity contribution in [3.05, 3.63) is 35.4 Å². The number of benzene rings is 1. The Labute approximate surface area is 87.9 Å². The number of hydrogen-bond acceptors (Lipinski definition) is 2. The van der Waals surface area contributed by atoms with E-state index >= 15 is 0 Å². The Morgan fingerprint density at radius 2 is 2.00 bits per heavy atom. The minimum Gasteiger partial charge on any atom is -0.390 e. The molecule has 2 N–H and O–H groups in total. The van der Waals surface area contributed by atoms with E-state index in [9.17, 15) is 8.78 Å². The van der Waals surface area contributed by atoms with Crippen molar-refractivity contribution in [3.8, 4) is 0 Å². The molecule has 15 heavy (non-hydrogen) atoms. The van der Waals surface area contributed by atoms with Crippen molar-refractivity contribution in [2.45, 2.75) is 19.4 Å². The summed E-state index contributed by atoms with van der Waals surface area (Å²) in [4.78, 5) is 0. The summed E-state index contributed by atoms with van der Waals surface area (Å²) >= 11 is 0. The van der Waals surface area contributed by atoms with Crippen molar-refractivity contribution in [2.75, 3.05) is 13.2 Å². The van der Waals surface area contributed by atoms with Gasteiger partial charge in [0.1, 0.15) is 6.61 Å². The molecule has 0 aliphatic heterocycles. The summed E-state index contributed by atoms with van der Waals surface area (Å²) in [5.74, 6) is -3.04. The van der Waals surface area contributed by atoms with Gasteiger partial charge in [0.15, 0.2) is 0 Å². The largest absolute Gasteiger partial charge is 0.390 e.